The number of aromatic nitrogens is 2. The highest BCUT2D eigenvalue weighted by atomic mass is 16.5. The summed E-state index contributed by atoms with van der Waals surface area (Å²) in [6.07, 6.45) is 2.28. The maximum Gasteiger partial charge on any atom is 0.332 e. The standard InChI is InChI=1S/C20H25N5O3/c1-23-18(16(12-21)19(26)24(2)20(23)27)22-13-17(25-10-4-5-11-25)14-6-8-15(28-3)9-7-14/h6-9,17,22H,4-5,10-11,13H2,1-3H3/t17-/m1/s1. The molecule has 3 rings (SSSR count). The van der Waals surface area contributed by atoms with E-state index in [2.05, 4.69) is 10.2 Å². The van der Waals surface area contributed by atoms with Gasteiger partial charge in [0.25, 0.3) is 5.56 Å². The first-order valence-corrected chi connectivity index (χ1v) is 9.30. The summed E-state index contributed by atoms with van der Waals surface area (Å²) in [5.41, 5.74) is 0.00554. The number of methoxy groups -OCH3 is 1. The quantitative estimate of drug-likeness (QED) is 0.806. The molecule has 1 atom stereocenters. The van der Waals surface area contributed by atoms with E-state index in [9.17, 15) is 14.9 Å². The molecular formula is C20H25N5O3. The van der Waals surface area contributed by atoms with Crippen LogP contribution in [0, 0.1) is 11.3 Å². The molecule has 0 saturated carbocycles. The smallest absolute Gasteiger partial charge is 0.332 e. The number of rotatable bonds is 6. The summed E-state index contributed by atoms with van der Waals surface area (Å²) < 4.78 is 7.51. The van der Waals surface area contributed by atoms with Crippen molar-refractivity contribution in [3.8, 4) is 11.8 Å². The molecule has 1 N–H and O–H groups in total. The SMILES string of the molecule is COc1ccc([C@@H](CNc2c(C#N)c(=O)n(C)c(=O)n2C)N2CCCC2)cc1. The fraction of sp³-hybridized carbons (Fsp3) is 0.450. The van der Waals surface area contributed by atoms with Crippen LogP contribution < -0.4 is 21.3 Å². The number of ether oxygens (including phenoxy) is 1. The minimum absolute atomic E-state index is 0.0547. The van der Waals surface area contributed by atoms with Gasteiger partial charge in [-0.2, -0.15) is 5.26 Å². The van der Waals surface area contributed by atoms with Gasteiger partial charge in [-0.25, -0.2) is 4.79 Å². The highest BCUT2D eigenvalue weighted by molar-refractivity contribution is 5.51. The molecule has 0 aliphatic carbocycles. The number of likely N-dealkylation sites (tertiary alicyclic amines) is 1. The Morgan fingerprint density at radius 2 is 1.79 bits per heavy atom. The van der Waals surface area contributed by atoms with Gasteiger partial charge >= 0.3 is 5.69 Å². The second kappa shape index (κ2) is 8.31. The first-order valence-electron chi connectivity index (χ1n) is 9.30. The normalized spacial score (nSPS) is 15.2. The third kappa shape index (κ3) is 3.66. The number of nitrogens with zero attached hydrogens (tertiary/aromatic N) is 4. The van der Waals surface area contributed by atoms with Crippen LogP contribution in [0.1, 0.15) is 30.0 Å². The molecule has 1 aliphatic heterocycles. The van der Waals surface area contributed by atoms with E-state index >= 15 is 0 Å². The number of hydrogen-bond donors (Lipinski definition) is 1. The molecule has 1 saturated heterocycles. The van der Waals surface area contributed by atoms with E-state index in [1.807, 2.05) is 30.3 Å². The van der Waals surface area contributed by atoms with Crippen LogP contribution in [0.3, 0.4) is 0 Å². The molecular weight excluding hydrogens is 358 g/mol. The maximum absolute atomic E-state index is 12.3. The van der Waals surface area contributed by atoms with Crippen LogP contribution in [-0.4, -0.2) is 40.8 Å². The molecule has 8 nitrogen and oxygen atoms in total. The highest BCUT2D eigenvalue weighted by Crippen LogP contribution is 2.27. The van der Waals surface area contributed by atoms with Crippen molar-refractivity contribution < 1.29 is 4.74 Å². The van der Waals surface area contributed by atoms with Crippen molar-refractivity contribution >= 4 is 5.82 Å². The van der Waals surface area contributed by atoms with Crippen molar-refractivity contribution in [2.45, 2.75) is 18.9 Å². The summed E-state index contributed by atoms with van der Waals surface area (Å²) in [4.78, 5) is 26.9. The third-order valence-electron chi connectivity index (χ3n) is 5.32. The third-order valence-corrected chi connectivity index (χ3v) is 5.32. The molecule has 1 aromatic heterocycles. The maximum atomic E-state index is 12.3. The van der Waals surface area contributed by atoms with Crippen molar-refractivity contribution in [2.24, 2.45) is 14.1 Å². The fourth-order valence-corrected chi connectivity index (χ4v) is 3.68. The predicted molar refractivity (Wildman–Crippen MR) is 107 cm³/mol. The van der Waals surface area contributed by atoms with Gasteiger partial charge in [0, 0.05) is 20.6 Å². The van der Waals surface area contributed by atoms with E-state index in [4.69, 9.17) is 4.74 Å². The van der Waals surface area contributed by atoms with Gasteiger partial charge in [0.2, 0.25) is 0 Å². The van der Waals surface area contributed by atoms with Crippen molar-refractivity contribution in [2.75, 3.05) is 32.1 Å². The molecule has 0 amide bonds. The summed E-state index contributed by atoms with van der Waals surface area (Å²) in [5.74, 6) is 1.05. The van der Waals surface area contributed by atoms with Gasteiger partial charge in [0.1, 0.15) is 17.6 Å². The van der Waals surface area contributed by atoms with Crippen LogP contribution in [0.4, 0.5) is 5.82 Å². The van der Waals surface area contributed by atoms with E-state index in [1.54, 1.807) is 14.2 Å². The van der Waals surface area contributed by atoms with Crippen LogP contribution in [-0.2, 0) is 14.1 Å². The van der Waals surface area contributed by atoms with Crippen LogP contribution in [0.5, 0.6) is 5.75 Å². The summed E-state index contributed by atoms with van der Waals surface area (Å²) in [7, 11) is 4.57. The van der Waals surface area contributed by atoms with Gasteiger partial charge in [-0.15, -0.1) is 0 Å². The Morgan fingerprint density at radius 3 is 2.36 bits per heavy atom. The fourth-order valence-electron chi connectivity index (χ4n) is 3.68. The average molecular weight is 383 g/mol. The largest absolute Gasteiger partial charge is 0.497 e. The molecule has 0 bridgehead atoms. The van der Waals surface area contributed by atoms with Crippen LogP contribution in [0.25, 0.3) is 0 Å². The second-order valence-corrected chi connectivity index (χ2v) is 6.95. The van der Waals surface area contributed by atoms with Crippen LogP contribution >= 0.6 is 0 Å². The zero-order chi connectivity index (χ0) is 20.3. The van der Waals surface area contributed by atoms with E-state index in [0.29, 0.717) is 6.54 Å². The van der Waals surface area contributed by atoms with E-state index in [1.165, 1.54) is 11.6 Å². The Labute approximate surface area is 163 Å². The Balaban J connectivity index is 1.93. The lowest BCUT2D eigenvalue weighted by atomic mass is 10.1. The van der Waals surface area contributed by atoms with Gasteiger partial charge in [0.15, 0.2) is 5.56 Å². The molecule has 8 heteroatoms. The molecule has 2 heterocycles. The monoisotopic (exact) mass is 383 g/mol. The summed E-state index contributed by atoms with van der Waals surface area (Å²) in [6.45, 7) is 2.44. The zero-order valence-electron chi connectivity index (χ0n) is 16.4. The van der Waals surface area contributed by atoms with Gasteiger partial charge in [-0.1, -0.05) is 12.1 Å². The lowest BCUT2D eigenvalue weighted by Gasteiger charge is -2.29. The molecule has 148 valence electrons. The van der Waals surface area contributed by atoms with Crippen molar-refractivity contribution in [1.82, 2.24) is 14.0 Å². The van der Waals surface area contributed by atoms with Crippen LogP contribution in [0.15, 0.2) is 33.9 Å². The number of nitriles is 1. The molecule has 0 radical (unpaired) electrons. The van der Waals surface area contributed by atoms with E-state index < -0.39 is 11.2 Å². The van der Waals surface area contributed by atoms with Gasteiger partial charge in [-0.05, 0) is 43.6 Å². The number of anilines is 1. The molecule has 1 aliphatic rings. The molecule has 1 fully saturated rings. The van der Waals surface area contributed by atoms with Gasteiger partial charge in [0.05, 0.1) is 13.2 Å². The second-order valence-electron chi connectivity index (χ2n) is 6.95. The predicted octanol–water partition coefficient (Wildman–Crippen LogP) is 1.21. The topological polar surface area (TPSA) is 92.3 Å². The lowest BCUT2D eigenvalue weighted by Crippen LogP contribution is -2.40. The Bertz CT molecular complexity index is 995. The van der Waals surface area contributed by atoms with Crippen LogP contribution in [0.2, 0.25) is 0 Å². The molecule has 0 spiro atoms. The van der Waals surface area contributed by atoms with E-state index in [0.717, 1.165) is 41.8 Å². The number of benzene rings is 1. The summed E-state index contributed by atoms with van der Waals surface area (Å²) in [6, 6.07) is 9.89. The molecule has 28 heavy (non-hydrogen) atoms. The van der Waals surface area contributed by atoms with Crippen molar-refractivity contribution in [1.29, 1.82) is 5.26 Å². The van der Waals surface area contributed by atoms with Gasteiger partial charge < -0.3 is 10.1 Å². The van der Waals surface area contributed by atoms with E-state index in [-0.39, 0.29) is 17.4 Å². The van der Waals surface area contributed by atoms with Crippen molar-refractivity contribution in [3.63, 3.8) is 0 Å². The molecule has 2 aromatic rings. The van der Waals surface area contributed by atoms with Gasteiger partial charge in [-0.3, -0.25) is 18.8 Å². The lowest BCUT2D eigenvalue weighted by molar-refractivity contribution is 0.255. The summed E-state index contributed by atoms with van der Waals surface area (Å²) in [5, 5.41) is 12.6. The minimum Gasteiger partial charge on any atom is -0.497 e. The first-order chi connectivity index (χ1) is 13.5. The summed E-state index contributed by atoms with van der Waals surface area (Å²) >= 11 is 0. The van der Waals surface area contributed by atoms with Crippen molar-refractivity contribution in [3.05, 3.63) is 56.2 Å². The number of hydrogen-bond acceptors (Lipinski definition) is 6. The molecule has 1 aromatic carbocycles. The average Bonchev–Trinajstić information content (AvgIpc) is 3.25. The Hall–Kier alpha value is -3.05. The Kier molecular flexibility index (Phi) is 5.85. The first kappa shape index (κ1) is 19.7. The minimum atomic E-state index is -0.588. The number of nitrogens with one attached hydrogen (secondary N) is 1. The Morgan fingerprint density at radius 1 is 1.14 bits per heavy atom. The molecule has 0 unspecified atom stereocenters. The zero-order valence-corrected chi connectivity index (χ0v) is 16.4. The highest BCUT2D eigenvalue weighted by Gasteiger charge is 2.25.